The van der Waals surface area contributed by atoms with Crippen LogP contribution in [0.2, 0.25) is 0 Å². The van der Waals surface area contributed by atoms with E-state index in [4.69, 9.17) is 5.73 Å². The van der Waals surface area contributed by atoms with Crippen LogP contribution in [0.3, 0.4) is 0 Å². The largest absolute Gasteiger partial charge is 0.384 e. The molecule has 2 saturated heterocycles. The average molecular weight is 833 g/mol. The lowest BCUT2D eigenvalue weighted by Crippen LogP contribution is -2.64. The maximum atomic E-state index is 14.8. The highest BCUT2D eigenvalue weighted by Gasteiger charge is 2.51. The first kappa shape index (κ1) is 42.3. The summed E-state index contributed by atoms with van der Waals surface area (Å²) >= 11 is 0. The number of carbonyl (C=O) groups is 5. The number of nitrogens with two attached hydrogens (primary N) is 1. The van der Waals surface area contributed by atoms with Crippen molar-refractivity contribution in [2.45, 2.75) is 131 Å². The standard InChI is InChI=1S/C37H52N8O10S2/c1-36(2,51)30-21-39-43-45(30)26-20-29(34(49)41-37(31(46)32(38)47)15-17-56(52,53)18-16-37)44(22-26)35(50)28(19-23-7-4-3-5-8-23)40-33(48)24-11-13-27(14-12-24)57(54,55)42-25-9-6-10-25/h11-14,21,23,25-26,28-29,42,51H,3-10,15-20,22H2,1-2H3,(H2,38,47)(H,40,48)(H,41,49)/t26?,28-,29?/m1/s1. The number of likely N-dealkylation sites (tertiary alicyclic amines) is 1. The van der Waals surface area contributed by atoms with Crippen molar-refractivity contribution in [3.63, 3.8) is 0 Å². The van der Waals surface area contributed by atoms with E-state index in [2.05, 4.69) is 25.7 Å². The molecule has 4 fully saturated rings. The van der Waals surface area contributed by atoms with Crippen LogP contribution < -0.4 is 21.1 Å². The molecule has 3 atom stereocenters. The quantitative estimate of drug-likeness (QED) is 0.162. The number of amides is 4. The third-order valence-corrected chi connectivity index (χ3v) is 15.1. The molecule has 2 unspecified atom stereocenters. The van der Waals surface area contributed by atoms with Crippen LogP contribution in [0.5, 0.6) is 0 Å². The molecule has 2 saturated carbocycles. The summed E-state index contributed by atoms with van der Waals surface area (Å²) in [6.07, 6.45) is 7.79. The Morgan fingerprint density at radius 3 is 2.23 bits per heavy atom. The highest BCUT2D eigenvalue weighted by atomic mass is 32.2. The molecule has 0 radical (unpaired) electrons. The highest BCUT2D eigenvalue weighted by molar-refractivity contribution is 7.91. The molecule has 0 bridgehead atoms. The van der Waals surface area contributed by atoms with Gasteiger partial charge in [-0.3, -0.25) is 24.0 Å². The normalized spacial score (nSPS) is 23.2. The fraction of sp³-hybridized carbons (Fsp3) is 0.649. The van der Waals surface area contributed by atoms with E-state index in [1.54, 1.807) is 0 Å². The number of nitrogens with zero attached hydrogens (tertiary/aromatic N) is 4. The molecule has 4 amide bonds. The number of aromatic nitrogens is 3. The summed E-state index contributed by atoms with van der Waals surface area (Å²) in [6.45, 7) is 2.94. The van der Waals surface area contributed by atoms with Crippen LogP contribution in [0.25, 0.3) is 0 Å². The van der Waals surface area contributed by atoms with Crippen LogP contribution >= 0.6 is 0 Å². The van der Waals surface area contributed by atoms with Gasteiger partial charge in [-0.2, -0.15) is 0 Å². The van der Waals surface area contributed by atoms with Gasteiger partial charge in [-0.1, -0.05) is 43.7 Å². The van der Waals surface area contributed by atoms with E-state index in [-0.39, 0.29) is 41.8 Å². The van der Waals surface area contributed by atoms with E-state index >= 15 is 0 Å². The first-order valence-electron chi connectivity index (χ1n) is 19.5. The second-order valence-electron chi connectivity index (χ2n) is 16.5. The Hall–Kier alpha value is -4.27. The van der Waals surface area contributed by atoms with Gasteiger partial charge < -0.3 is 26.4 Å². The lowest BCUT2D eigenvalue weighted by atomic mass is 9.84. The lowest BCUT2D eigenvalue weighted by molar-refractivity contribution is -0.145. The van der Waals surface area contributed by atoms with Crippen molar-refractivity contribution in [2.75, 3.05) is 18.1 Å². The van der Waals surface area contributed by atoms with Crippen molar-refractivity contribution in [2.24, 2.45) is 11.7 Å². The van der Waals surface area contributed by atoms with Crippen LogP contribution in [0.15, 0.2) is 35.4 Å². The number of hydrogen-bond acceptors (Lipinski definition) is 12. The van der Waals surface area contributed by atoms with Gasteiger partial charge in [0, 0.05) is 24.6 Å². The maximum Gasteiger partial charge on any atom is 0.287 e. The zero-order valence-electron chi connectivity index (χ0n) is 32.2. The molecule has 1 aromatic heterocycles. The summed E-state index contributed by atoms with van der Waals surface area (Å²) in [5, 5.41) is 24.5. The number of nitrogens with one attached hydrogen (secondary N) is 3. The van der Waals surface area contributed by atoms with Gasteiger partial charge in [0.2, 0.25) is 27.6 Å². The van der Waals surface area contributed by atoms with Gasteiger partial charge in [0.05, 0.1) is 34.3 Å². The van der Waals surface area contributed by atoms with Crippen LogP contribution in [0.4, 0.5) is 0 Å². The zero-order chi connectivity index (χ0) is 41.3. The first-order chi connectivity index (χ1) is 26.8. The third-order valence-electron chi connectivity index (χ3n) is 11.9. The molecule has 6 rings (SSSR count). The number of hydrogen-bond donors (Lipinski definition) is 5. The SMILES string of the molecule is CC(C)(O)c1cnnn1C1CC(C(=O)NC2(C(=O)C(N)=O)CCS(=O)(=O)CC2)N(C(=O)[C@@H](CC2CCCCC2)NC(=O)c2ccc(S(=O)(=O)NC3CCC3)cc2)C1. The number of rotatable bonds is 14. The Labute approximate surface area is 332 Å². The number of sulfone groups is 1. The second kappa shape index (κ2) is 16.5. The summed E-state index contributed by atoms with van der Waals surface area (Å²) < 4.78 is 54.6. The Morgan fingerprint density at radius 1 is 1.00 bits per heavy atom. The summed E-state index contributed by atoms with van der Waals surface area (Å²) in [4.78, 5) is 69.8. The molecule has 2 aliphatic carbocycles. The van der Waals surface area contributed by atoms with Crippen LogP contribution in [0, 0.1) is 5.92 Å². The van der Waals surface area contributed by atoms with Crippen molar-refractivity contribution in [3.05, 3.63) is 41.7 Å². The minimum Gasteiger partial charge on any atom is -0.384 e. The molecule has 20 heteroatoms. The van der Waals surface area contributed by atoms with E-state index in [0.717, 1.165) is 51.4 Å². The van der Waals surface area contributed by atoms with Crippen LogP contribution in [0.1, 0.15) is 113 Å². The van der Waals surface area contributed by atoms with Gasteiger partial charge in [0.25, 0.3) is 11.8 Å². The number of sulfonamides is 1. The molecule has 0 spiro atoms. The van der Waals surface area contributed by atoms with E-state index in [9.17, 15) is 45.9 Å². The summed E-state index contributed by atoms with van der Waals surface area (Å²) in [6, 6.07) is 2.14. The molecule has 6 N–H and O–H groups in total. The molecule has 312 valence electrons. The van der Waals surface area contributed by atoms with Gasteiger partial charge in [0.15, 0.2) is 9.84 Å². The molecule has 57 heavy (non-hydrogen) atoms. The van der Waals surface area contributed by atoms with Crippen molar-refractivity contribution in [1.82, 2.24) is 35.2 Å². The molecule has 2 aromatic rings. The summed E-state index contributed by atoms with van der Waals surface area (Å²) in [7, 11) is -7.35. The number of ketones is 1. The highest BCUT2D eigenvalue weighted by Crippen LogP contribution is 2.35. The number of primary amides is 1. The van der Waals surface area contributed by atoms with E-state index in [1.807, 2.05) is 0 Å². The van der Waals surface area contributed by atoms with Crippen molar-refractivity contribution < 1.29 is 45.9 Å². The summed E-state index contributed by atoms with van der Waals surface area (Å²) in [5.41, 5.74) is 2.46. The Bertz CT molecular complexity index is 2070. The fourth-order valence-corrected chi connectivity index (χ4v) is 11.1. The van der Waals surface area contributed by atoms with Crippen LogP contribution in [-0.2, 0) is 44.6 Å². The molecule has 3 heterocycles. The van der Waals surface area contributed by atoms with Crippen molar-refractivity contribution >= 4 is 49.3 Å². The molecular weight excluding hydrogens is 781 g/mol. The van der Waals surface area contributed by atoms with Crippen LogP contribution in [-0.4, -0.2) is 113 Å². The number of carbonyl (C=O) groups excluding carboxylic acids is 5. The molecular formula is C37H52N8O10S2. The molecule has 18 nitrogen and oxygen atoms in total. The first-order valence-corrected chi connectivity index (χ1v) is 22.8. The number of benzene rings is 1. The zero-order valence-corrected chi connectivity index (χ0v) is 33.8. The molecule has 4 aliphatic rings. The average Bonchev–Trinajstić information content (AvgIpc) is 3.83. The van der Waals surface area contributed by atoms with Gasteiger partial charge in [0.1, 0.15) is 23.2 Å². The van der Waals surface area contributed by atoms with Gasteiger partial charge in [-0.15, -0.1) is 5.10 Å². The summed E-state index contributed by atoms with van der Waals surface area (Å²) in [5.74, 6) is -5.45. The van der Waals surface area contributed by atoms with E-state index < -0.39 is 103 Å². The predicted octanol–water partition coefficient (Wildman–Crippen LogP) is 0.365. The fourth-order valence-electron chi connectivity index (χ4n) is 8.30. The van der Waals surface area contributed by atoms with Crippen molar-refractivity contribution in [3.8, 4) is 0 Å². The Morgan fingerprint density at radius 2 is 1.65 bits per heavy atom. The van der Waals surface area contributed by atoms with Gasteiger partial charge in [-0.25, -0.2) is 26.2 Å². The minimum absolute atomic E-state index is 0.000522. The van der Waals surface area contributed by atoms with E-state index in [0.29, 0.717) is 5.69 Å². The second-order valence-corrected chi connectivity index (χ2v) is 20.5. The monoisotopic (exact) mass is 832 g/mol. The molecule has 2 aliphatic heterocycles. The maximum absolute atomic E-state index is 14.8. The minimum atomic E-state index is -3.80. The number of aliphatic hydroxyl groups is 1. The Balaban J connectivity index is 1.30. The lowest BCUT2D eigenvalue weighted by Gasteiger charge is -2.37. The van der Waals surface area contributed by atoms with Gasteiger partial charge >= 0.3 is 0 Å². The smallest absolute Gasteiger partial charge is 0.287 e. The topological polar surface area (TPSA) is 270 Å². The van der Waals surface area contributed by atoms with Crippen molar-refractivity contribution in [1.29, 1.82) is 0 Å². The van der Waals surface area contributed by atoms with Gasteiger partial charge in [-0.05, 0) is 76.1 Å². The predicted molar refractivity (Wildman–Crippen MR) is 204 cm³/mol. The van der Waals surface area contributed by atoms with E-state index in [1.165, 1.54) is 53.9 Å². The number of Topliss-reactive ketones (excluding diaryl/α,β-unsaturated/α-hetero) is 1. The third kappa shape index (κ3) is 9.55. The molecule has 1 aromatic carbocycles. The Kier molecular flexibility index (Phi) is 12.3.